The lowest BCUT2D eigenvalue weighted by atomic mass is 10.1. The molecular weight excluding hydrogens is 577 g/mol. The number of carbonyl (C=O) groups excluding carboxylic acids is 1. The second-order valence-corrected chi connectivity index (χ2v) is 9.29. The van der Waals surface area contributed by atoms with Gasteiger partial charge in [0.15, 0.2) is 5.69 Å². The predicted octanol–water partition coefficient (Wildman–Crippen LogP) is 4.36. The van der Waals surface area contributed by atoms with E-state index >= 15 is 0 Å². The van der Waals surface area contributed by atoms with Crippen molar-refractivity contribution in [3.05, 3.63) is 82.9 Å². The molecule has 4 aromatic rings. The topological polar surface area (TPSA) is 113 Å². The summed E-state index contributed by atoms with van der Waals surface area (Å²) in [6.07, 6.45) is -2.69. The monoisotopic (exact) mass is 600 g/mol. The summed E-state index contributed by atoms with van der Waals surface area (Å²) in [6.45, 7) is 0.592. The van der Waals surface area contributed by atoms with Gasteiger partial charge in [0.1, 0.15) is 23.4 Å². The second kappa shape index (κ2) is 12.5. The van der Waals surface area contributed by atoms with Crippen LogP contribution in [0.15, 0.2) is 48.9 Å². The lowest BCUT2D eigenvalue weighted by molar-refractivity contribution is -0.274. The number of hydrogen-bond acceptors (Lipinski definition) is 7. The lowest BCUT2D eigenvalue weighted by Crippen LogP contribution is -2.23. The number of benzene rings is 1. The zero-order valence-corrected chi connectivity index (χ0v) is 21.8. The average Bonchev–Trinajstić information content (AvgIpc) is 3.56. The first-order chi connectivity index (χ1) is 19.7. The van der Waals surface area contributed by atoms with Crippen LogP contribution in [0.4, 0.5) is 30.7 Å². The van der Waals surface area contributed by atoms with Gasteiger partial charge in [-0.3, -0.25) is 14.5 Å². The maximum atomic E-state index is 14.6. The molecule has 4 rings (SSSR count). The highest BCUT2D eigenvalue weighted by Crippen LogP contribution is 2.26. The number of rotatable bonds is 12. The van der Waals surface area contributed by atoms with Crippen molar-refractivity contribution >= 4 is 5.91 Å². The number of halogens is 7. The highest BCUT2D eigenvalue weighted by Gasteiger charge is 2.31. The van der Waals surface area contributed by atoms with Gasteiger partial charge in [0.25, 0.3) is 11.8 Å². The van der Waals surface area contributed by atoms with Crippen molar-refractivity contribution in [2.24, 2.45) is 0 Å². The van der Waals surface area contributed by atoms with Crippen LogP contribution in [0, 0.1) is 5.82 Å². The molecule has 1 unspecified atom stereocenters. The van der Waals surface area contributed by atoms with Crippen molar-refractivity contribution in [1.82, 2.24) is 40.3 Å². The molecule has 1 aromatic carbocycles. The van der Waals surface area contributed by atoms with E-state index < -0.39 is 41.6 Å². The van der Waals surface area contributed by atoms with Gasteiger partial charge in [0.2, 0.25) is 0 Å². The third-order valence-electron chi connectivity index (χ3n) is 5.76. The maximum Gasteiger partial charge on any atom is 0.573 e. The van der Waals surface area contributed by atoms with Gasteiger partial charge in [-0.15, -0.1) is 23.4 Å². The number of aromatic nitrogens is 7. The first-order valence-corrected chi connectivity index (χ1v) is 12.3. The quantitative estimate of drug-likeness (QED) is 0.241. The summed E-state index contributed by atoms with van der Waals surface area (Å²) in [5.41, 5.74) is 0.160. The molecule has 0 aliphatic rings. The zero-order valence-electron chi connectivity index (χ0n) is 21.8. The van der Waals surface area contributed by atoms with Crippen molar-refractivity contribution < 1.29 is 40.3 Å². The van der Waals surface area contributed by atoms with Gasteiger partial charge >= 0.3 is 6.36 Å². The van der Waals surface area contributed by atoms with Crippen LogP contribution in [-0.4, -0.2) is 53.4 Å². The largest absolute Gasteiger partial charge is 0.573 e. The Labute approximate surface area is 233 Å². The van der Waals surface area contributed by atoms with E-state index in [4.69, 9.17) is 0 Å². The van der Waals surface area contributed by atoms with Crippen molar-refractivity contribution in [2.45, 2.75) is 57.9 Å². The van der Waals surface area contributed by atoms with Gasteiger partial charge in [-0.05, 0) is 35.4 Å². The minimum Gasteiger partial charge on any atom is -0.406 e. The molecule has 0 aliphatic carbocycles. The molecule has 3 aromatic heterocycles. The summed E-state index contributed by atoms with van der Waals surface area (Å²) >= 11 is 0. The van der Waals surface area contributed by atoms with E-state index in [1.165, 1.54) is 40.1 Å². The third kappa shape index (κ3) is 8.71. The number of alkyl halides is 6. The molecule has 1 atom stereocenters. The molecule has 42 heavy (non-hydrogen) atoms. The van der Waals surface area contributed by atoms with E-state index in [2.05, 4.69) is 35.7 Å². The second-order valence-electron chi connectivity index (χ2n) is 9.29. The molecule has 10 nitrogen and oxygen atoms in total. The van der Waals surface area contributed by atoms with E-state index in [0.717, 1.165) is 25.1 Å². The van der Waals surface area contributed by atoms with E-state index in [9.17, 15) is 35.5 Å². The number of aryl methyl sites for hydroxylation is 1. The Bertz CT molecular complexity index is 1500. The Morgan fingerprint density at radius 1 is 1.05 bits per heavy atom. The van der Waals surface area contributed by atoms with Gasteiger partial charge in [-0.2, -0.15) is 8.78 Å². The molecule has 0 bridgehead atoms. The Morgan fingerprint density at radius 2 is 1.81 bits per heavy atom. The third-order valence-corrected chi connectivity index (χ3v) is 5.76. The fourth-order valence-corrected chi connectivity index (χ4v) is 3.73. The summed E-state index contributed by atoms with van der Waals surface area (Å²) in [4.78, 5) is 16.0. The van der Waals surface area contributed by atoms with Crippen LogP contribution >= 0.6 is 0 Å². The smallest absolute Gasteiger partial charge is 0.406 e. The van der Waals surface area contributed by atoms with Crippen molar-refractivity contribution in [2.75, 3.05) is 0 Å². The number of carbonyl (C=O) groups is 1. The average molecular weight is 600 g/mol. The first kappa shape index (κ1) is 30.4. The van der Waals surface area contributed by atoms with Crippen LogP contribution in [0.25, 0.3) is 0 Å². The molecule has 0 radical (unpaired) electrons. The standard InChI is InChI=1S/C25H23F7N8O2/c1-24(28,29)22-5-2-15(10-33-22)11-34-23(41)21-14-39(38-36-21)7-6-17(26)12-40-13-18(35-37-40)8-16-9-19(3-4-20(16)27)42-25(30,31)32/h2-5,9-10,13-14,17H,6-8,11-12H2,1H3,(H,34,41). The highest BCUT2D eigenvalue weighted by molar-refractivity contribution is 5.91. The van der Waals surface area contributed by atoms with E-state index in [1.54, 1.807) is 0 Å². The SMILES string of the molecule is CC(F)(F)c1ccc(CNC(=O)c2cn(CCC(F)Cn3cc(Cc4cc(OC(F)(F)F)ccc4F)nn3)nn2)cn1. The lowest BCUT2D eigenvalue weighted by Gasteiger charge is -2.10. The predicted molar refractivity (Wildman–Crippen MR) is 130 cm³/mol. The zero-order chi connectivity index (χ0) is 30.5. The van der Waals surface area contributed by atoms with Crippen LogP contribution in [-0.2, 0) is 32.0 Å². The summed E-state index contributed by atoms with van der Waals surface area (Å²) in [5, 5.41) is 17.7. The molecule has 224 valence electrons. The molecular formula is C25H23F7N8O2. The minimum absolute atomic E-state index is 0.0140. The van der Waals surface area contributed by atoms with Crippen molar-refractivity contribution in [3.63, 3.8) is 0 Å². The van der Waals surface area contributed by atoms with Crippen LogP contribution < -0.4 is 10.1 Å². The van der Waals surface area contributed by atoms with Gasteiger partial charge in [-0.25, -0.2) is 13.5 Å². The number of nitrogens with one attached hydrogen (secondary N) is 1. The van der Waals surface area contributed by atoms with E-state index in [0.29, 0.717) is 5.56 Å². The number of amides is 1. The fraction of sp³-hybridized carbons (Fsp3) is 0.360. The van der Waals surface area contributed by atoms with Crippen molar-refractivity contribution in [1.29, 1.82) is 0 Å². The summed E-state index contributed by atoms with van der Waals surface area (Å²) in [7, 11) is 0. The Morgan fingerprint density at radius 3 is 2.50 bits per heavy atom. The van der Waals surface area contributed by atoms with Gasteiger partial charge in [-0.1, -0.05) is 16.5 Å². The Hall–Kier alpha value is -4.57. The van der Waals surface area contributed by atoms with Crippen LogP contribution in [0.1, 0.15) is 46.3 Å². The summed E-state index contributed by atoms with van der Waals surface area (Å²) in [5.74, 6) is -5.01. The van der Waals surface area contributed by atoms with Gasteiger partial charge in [0, 0.05) is 45.2 Å². The minimum atomic E-state index is -4.93. The molecule has 0 fully saturated rings. The number of nitrogens with zero attached hydrogens (tertiary/aromatic N) is 7. The summed E-state index contributed by atoms with van der Waals surface area (Å²) < 4.78 is 98.7. The molecule has 1 N–H and O–H groups in total. The van der Waals surface area contributed by atoms with E-state index in [-0.39, 0.29) is 49.4 Å². The fourth-order valence-electron chi connectivity index (χ4n) is 3.73. The number of ether oxygens (including phenoxy) is 1. The van der Waals surface area contributed by atoms with Crippen LogP contribution in [0.2, 0.25) is 0 Å². The number of hydrogen-bond donors (Lipinski definition) is 1. The van der Waals surface area contributed by atoms with Crippen LogP contribution in [0.5, 0.6) is 5.75 Å². The Kier molecular flexibility index (Phi) is 9.06. The van der Waals surface area contributed by atoms with E-state index in [1.807, 2.05) is 0 Å². The molecule has 0 spiro atoms. The molecule has 0 saturated heterocycles. The molecule has 0 aliphatic heterocycles. The molecule has 0 saturated carbocycles. The van der Waals surface area contributed by atoms with Crippen LogP contribution in [0.3, 0.4) is 0 Å². The first-order valence-electron chi connectivity index (χ1n) is 12.3. The van der Waals surface area contributed by atoms with Crippen molar-refractivity contribution in [3.8, 4) is 5.75 Å². The van der Waals surface area contributed by atoms with Gasteiger partial charge < -0.3 is 10.1 Å². The highest BCUT2D eigenvalue weighted by atomic mass is 19.4. The number of pyridine rings is 1. The normalized spacial score (nSPS) is 12.8. The summed E-state index contributed by atoms with van der Waals surface area (Å²) in [6, 6.07) is 5.17. The Balaban J connectivity index is 1.24. The molecule has 1 amide bonds. The maximum absolute atomic E-state index is 14.6. The molecule has 17 heteroatoms. The van der Waals surface area contributed by atoms with Gasteiger partial charge in [0.05, 0.1) is 18.4 Å². The molecule has 3 heterocycles.